The van der Waals surface area contributed by atoms with E-state index in [1.54, 1.807) is 12.3 Å². The number of carboxylic acid groups (broad SMARTS) is 1. The van der Waals surface area contributed by atoms with Gasteiger partial charge in [0.15, 0.2) is 0 Å². The number of pyridine rings is 1. The molecule has 6 nitrogen and oxygen atoms in total. The number of aromatic nitrogens is 1. The highest BCUT2D eigenvalue weighted by Crippen LogP contribution is 2.24. The Hall–Kier alpha value is -1.99. The largest absolute Gasteiger partial charge is 0.481 e. The minimum atomic E-state index is -3.56. The minimum Gasteiger partial charge on any atom is -0.481 e. The van der Waals surface area contributed by atoms with Crippen molar-refractivity contribution >= 4 is 26.9 Å². The van der Waals surface area contributed by atoms with Crippen LogP contribution in [0, 0.1) is 5.92 Å². The second kappa shape index (κ2) is 6.25. The predicted octanol–water partition coefficient (Wildman–Crippen LogP) is 1.86. The number of sulfonamides is 1. The Kier molecular flexibility index (Phi) is 4.32. The maximum Gasteiger partial charge on any atom is 0.307 e. The quantitative estimate of drug-likeness (QED) is 0.922. The third kappa shape index (κ3) is 3.35. The summed E-state index contributed by atoms with van der Waals surface area (Å²) in [6.45, 7) is 0.431. The first-order valence-electron chi connectivity index (χ1n) is 7.50. The van der Waals surface area contributed by atoms with E-state index in [2.05, 4.69) is 4.98 Å². The fourth-order valence-electron chi connectivity index (χ4n) is 2.97. The molecule has 0 aliphatic carbocycles. The van der Waals surface area contributed by atoms with E-state index in [1.165, 1.54) is 4.31 Å². The molecule has 1 fully saturated rings. The molecule has 0 bridgehead atoms. The van der Waals surface area contributed by atoms with Crippen molar-refractivity contribution in [3.8, 4) is 0 Å². The average Bonchev–Trinajstić information content (AvgIpc) is 2.55. The van der Waals surface area contributed by atoms with Gasteiger partial charge in [-0.25, -0.2) is 12.7 Å². The first kappa shape index (κ1) is 15.9. The number of para-hydroxylation sites is 1. The van der Waals surface area contributed by atoms with Crippen LogP contribution >= 0.6 is 0 Å². The molecule has 2 heterocycles. The van der Waals surface area contributed by atoms with E-state index in [4.69, 9.17) is 5.11 Å². The third-order valence-electron chi connectivity index (χ3n) is 4.18. The number of fused-ring (bicyclic) bond motifs is 1. The zero-order valence-electron chi connectivity index (χ0n) is 12.6. The van der Waals surface area contributed by atoms with E-state index >= 15 is 0 Å². The van der Waals surface area contributed by atoms with Crippen LogP contribution in [0.5, 0.6) is 0 Å². The predicted molar refractivity (Wildman–Crippen MR) is 86.3 cm³/mol. The van der Waals surface area contributed by atoms with Crippen LogP contribution in [0.25, 0.3) is 10.9 Å². The smallest absolute Gasteiger partial charge is 0.307 e. The topological polar surface area (TPSA) is 87.6 Å². The van der Waals surface area contributed by atoms with Crippen molar-refractivity contribution in [1.29, 1.82) is 0 Å². The van der Waals surface area contributed by atoms with Gasteiger partial charge in [-0.05, 0) is 24.5 Å². The second-order valence-corrected chi connectivity index (χ2v) is 7.75. The standard InChI is InChI=1S/C16H18N2O4S/c19-16(20)13-7-3-9-18(10-13)23(21,22)11-14-5-1-4-12-6-2-8-17-15(12)14/h1-2,4-6,8,13H,3,7,9-11H2,(H,19,20). The molecule has 1 unspecified atom stereocenters. The number of carbonyl (C=O) groups is 1. The molecule has 1 atom stereocenters. The lowest BCUT2D eigenvalue weighted by Crippen LogP contribution is -2.42. The van der Waals surface area contributed by atoms with Crippen LogP contribution in [0.15, 0.2) is 36.5 Å². The van der Waals surface area contributed by atoms with E-state index in [-0.39, 0.29) is 12.3 Å². The third-order valence-corrected chi connectivity index (χ3v) is 5.98. The van der Waals surface area contributed by atoms with E-state index in [9.17, 15) is 13.2 Å². The van der Waals surface area contributed by atoms with Crippen molar-refractivity contribution in [1.82, 2.24) is 9.29 Å². The van der Waals surface area contributed by atoms with Crippen LogP contribution in [0.3, 0.4) is 0 Å². The second-order valence-electron chi connectivity index (χ2n) is 5.78. The molecule has 3 rings (SSSR count). The van der Waals surface area contributed by atoms with Gasteiger partial charge in [0.05, 0.1) is 17.2 Å². The van der Waals surface area contributed by atoms with Crippen molar-refractivity contribution in [2.75, 3.05) is 13.1 Å². The van der Waals surface area contributed by atoms with Crippen LogP contribution in [-0.2, 0) is 20.6 Å². The fraction of sp³-hybridized carbons (Fsp3) is 0.375. The molecule has 0 saturated carbocycles. The Morgan fingerprint density at radius 1 is 1.30 bits per heavy atom. The molecule has 1 aromatic heterocycles. The lowest BCUT2D eigenvalue weighted by Gasteiger charge is -2.29. The molecule has 7 heteroatoms. The molecule has 1 aliphatic heterocycles. The van der Waals surface area contributed by atoms with Gasteiger partial charge in [-0.1, -0.05) is 24.3 Å². The summed E-state index contributed by atoms with van der Waals surface area (Å²) in [5, 5.41) is 10.0. The summed E-state index contributed by atoms with van der Waals surface area (Å²) in [5.74, 6) is -1.71. The summed E-state index contributed by atoms with van der Waals surface area (Å²) in [4.78, 5) is 15.4. The normalized spacial score (nSPS) is 19.7. The lowest BCUT2D eigenvalue weighted by molar-refractivity contribution is -0.142. The zero-order chi connectivity index (χ0) is 16.4. The van der Waals surface area contributed by atoms with Gasteiger partial charge in [0.1, 0.15) is 0 Å². The van der Waals surface area contributed by atoms with Gasteiger partial charge in [0.25, 0.3) is 0 Å². The number of aliphatic carboxylic acids is 1. The Morgan fingerprint density at radius 2 is 2.09 bits per heavy atom. The highest BCUT2D eigenvalue weighted by molar-refractivity contribution is 7.88. The molecule has 1 saturated heterocycles. The number of rotatable bonds is 4. The summed E-state index contributed by atoms with van der Waals surface area (Å²) < 4.78 is 26.6. The van der Waals surface area contributed by atoms with Gasteiger partial charge >= 0.3 is 5.97 Å². The summed E-state index contributed by atoms with van der Waals surface area (Å²) in [6, 6.07) is 9.15. The first-order chi connectivity index (χ1) is 11.0. The Morgan fingerprint density at radius 3 is 2.87 bits per heavy atom. The summed E-state index contributed by atoms with van der Waals surface area (Å²) in [7, 11) is -3.56. The van der Waals surface area contributed by atoms with Gasteiger partial charge < -0.3 is 5.11 Å². The molecule has 2 aromatic rings. The van der Waals surface area contributed by atoms with E-state index < -0.39 is 21.9 Å². The number of piperidine rings is 1. The number of carboxylic acids is 1. The number of benzene rings is 1. The van der Waals surface area contributed by atoms with Crippen LogP contribution in [-0.4, -0.2) is 41.9 Å². The van der Waals surface area contributed by atoms with Crippen LogP contribution in [0.2, 0.25) is 0 Å². The van der Waals surface area contributed by atoms with Crippen molar-refractivity contribution < 1.29 is 18.3 Å². The maximum absolute atomic E-state index is 12.7. The van der Waals surface area contributed by atoms with Crippen molar-refractivity contribution in [2.45, 2.75) is 18.6 Å². The monoisotopic (exact) mass is 334 g/mol. The average molecular weight is 334 g/mol. The number of hydrogen-bond donors (Lipinski definition) is 1. The van der Waals surface area contributed by atoms with E-state index in [0.29, 0.717) is 30.5 Å². The molecule has 23 heavy (non-hydrogen) atoms. The van der Waals surface area contributed by atoms with E-state index in [1.807, 2.05) is 24.3 Å². The van der Waals surface area contributed by atoms with Crippen LogP contribution in [0.1, 0.15) is 18.4 Å². The zero-order valence-corrected chi connectivity index (χ0v) is 13.4. The highest BCUT2D eigenvalue weighted by Gasteiger charge is 2.32. The molecule has 0 radical (unpaired) electrons. The molecule has 1 aliphatic rings. The van der Waals surface area contributed by atoms with Crippen molar-refractivity contribution in [3.05, 3.63) is 42.1 Å². The fourth-order valence-corrected chi connectivity index (χ4v) is 4.59. The molecule has 0 spiro atoms. The minimum absolute atomic E-state index is 0.0514. The molecular weight excluding hydrogens is 316 g/mol. The van der Waals surface area contributed by atoms with Gasteiger partial charge in [0.2, 0.25) is 10.0 Å². The summed E-state index contributed by atoms with van der Waals surface area (Å²) in [5.41, 5.74) is 1.31. The van der Waals surface area contributed by atoms with Crippen LogP contribution in [0.4, 0.5) is 0 Å². The Balaban J connectivity index is 1.87. The molecule has 1 aromatic carbocycles. The summed E-state index contributed by atoms with van der Waals surface area (Å²) in [6.07, 6.45) is 2.74. The maximum atomic E-state index is 12.7. The van der Waals surface area contributed by atoms with Crippen molar-refractivity contribution in [2.24, 2.45) is 5.92 Å². The Labute approximate surface area is 134 Å². The van der Waals surface area contributed by atoms with Crippen LogP contribution < -0.4 is 0 Å². The van der Waals surface area contributed by atoms with Gasteiger partial charge in [0, 0.05) is 24.7 Å². The Bertz CT molecular complexity index is 830. The molecule has 122 valence electrons. The number of hydrogen-bond acceptors (Lipinski definition) is 4. The van der Waals surface area contributed by atoms with Gasteiger partial charge in [-0.2, -0.15) is 0 Å². The van der Waals surface area contributed by atoms with Gasteiger partial charge in [-0.15, -0.1) is 0 Å². The molecule has 1 N–H and O–H groups in total. The van der Waals surface area contributed by atoms with Crippen molar-refractivity contribution in [3.63, 3.8) is 0 Å². The molecular formula is C16H18N2O4S. The lowest BCUT2D eigenvalue weighted by atomic mass is 10.0. The summed E-state index contributed by atoms with van der Waals surface area (Å²) >= 11 is 0. The van der Waals surface area contributed by atoms with Gasteiger partial charge in [-0.3, -0.25) is 9.78 Å². The number of nitrogens with zero attached hydrogens (tertiary/aromatic N) is 2. The highest BCUT2D eigenvalue weighted by atomic mass is 32.2. The molecule has 0 amide bonds. The van der Waals surface area contributed by atoms with E-state index in [0.717, 1.165) is 5.39 Å². The SMILES string of the molecule is O=C(O)C1CCCN(S(=O)(=O)Cc2cccc3cccnc23)C1. The first-order valence-corrected chi connectivity index (χ1v) is 9.11.